The van der Waals surface area contributed by atoms with E-state index in [9.17, 15) is 14.4 Å². The minimum Gasteiger partial charge on any atom is -0.480 e. The Hall–Kier alpha value is -1.79. The van der Waals surface area contributed by atoms with Crippen molar-refractivity contribution in [3.8, 4) is 0 Å². The monoisotopic (exact) mass is 285 g/mol. The molecule has 0 radical (unpaired) electrons. The maximum atomic E-state index is 12.0. The van der Waals surface area contributed by atoms with Gasteiger partial charge in [-0.15, -0.1) is 0 Å². The van der Waals surface area contributed by atoms with Gasteiger partial charge in [-0.25, -0.2) is 9.59 Å². The zero-order chi connectivity index (χ0) is 15.3. The largest absolute Gasteiger partial charge is 0.480 e. The lowest BCUT2D eigenvalue weighted by Gasteiger charge is -2.33. The molecule has 7 heteroatoms. The first kappa shape index (κ1) is 16.3. The summed E-state index contributed by atoms with van der Waals surface area (Å²) in [5.41, 5.74) is 0. The SMILES string of the molecule is CC[C@@H](NC(=O)C1CCN(C(=O)N(C)C)CC1)C(=O)O. The zero-order valence-electron chi connectivity index (χ0n) is 12.3. The molecular formula is C13H23N3O4. The van der Waals surface area contributed by atoms with E-state index in [0.29, 0.717) is 32.4 Å². The summed E-state index contributed by atoms with van der Waals surface area (Å²) in [5.74, 6) is -1.45. The van der Waals surface area contributed by atoms with Gasteiger partial charge in [0.25, 0.3) is 0 Å². The van der Waals surface area contributed by atoms with Gasteiger partial charge < -0.3 is 20.2 Å². The maximum Gasteiger partial charge on any atom is 0.326 e. The van der Waals surface area contributed by atoms with Crippen molar-refractivity contribution < 1.29 is 19.5 Å². The fourth-order valence-electron chi connectivity index (χ4n) is 2.24. The van der Waals surface area contributed by atoms with Crippen LogP contribution in [-0.2, 0) is 9.59 Å². The summed E-state index contributed by atoms with van der Waals surface area (Å²) in [6.07, 6.45) is 1.50. The molecule has 114 valence electrons. The number of hydrogen-bond acceptors (Lipinski definition) is 3. The molecule has 0 saturated carbocycles. The molecule has 0 spiro atoms. The molecule has 20 heavy (non-hydrogen) atoms. The number of rotatable bonds is 4. The number of aliphatic carboxylic acids is 1. The quantitative estimate of drug-likeness (QED) is 0.780. The van der Waals surface area contributed by atoms with Crippen LogP contribution < -0.4 is 5.32 Å². The Morgan fingerprint density at radius 3 is 2.25 bits per heavy atom. The minimum atomic E-state index is -1.01. The first-order valence-corrected chi connectivity index (χ1v) is 6.86. The van der Waals surface area contributed by atoms with Crippen LogP contribution in [0.25, 0.3) is 0 Å². The molecule has 0 aromatic rings. The number of carboxylic acids is 1. The average Bonchev–Trinajstić information content (AvgIpc) is 2.43. The molecular weight excluding hydrogens is 262 g/mol. The molecule has 1 heterocycles. The molecule has 0 aromatic carbocycles. The van der Waals surface area contributed by atoms with E-state index in [4.69, 9.17) is 5.11 Å². The average molecular weight is 285 g/mol. The van der Waals surface area contributed by atoms with E-state index in [1.165, 1.54) is 4.90 Å². The Morgan fingerprint density at radius 2 is 1.85 bits per heavy atom. The van der Waals surface area contributed by atoms with E-state index in [1.54, 1.807) is 25.9 Å². The molecule has 7 nitrogen and oxygen atoms in total. The van der Waals surface area contributed by atoms with E-state index in [2.05, 4.69) is 5.32 Å². The molecule has 0 aliphatic carbocycles. The Kier molecular flexibility index (Phi) is 5.79. The topological polar surface area (TPSA) is 90.0 Å². The second-order valence-corrected chi connectivity index (χ2v) is 5.25. The summed E-state index contributed by atoms with van der Waals surface area (Å²) in [4.78, 5) is 37.9. The highest BCUT2D eigenvalue weighted by atomic mass is 16.4. The van der Waals surface area contributed by atoms with Crippen LogP contribution in [0.15, 0.2) is 0 Å². The van der Waals surface area contributed by atoms with Crippen molar-refractivity contribution in [2.75, 3.05) is 27.2 Å². The van der Waals surface area contributed by atoms with Crippen molar-refractivity contribution in [3.63, 3.8) is 0 Å². The summed E-state index contributed by atoms with van der Waals surface area (Å²) in [6, 6.07) is -0.884. The summed E-state index contributed by atoms with van der Waals surface area (Å²) in [7, 11) is 3.39. The van der Waals surface area contributed by atoms with Crippen LogP contribution in [0.4, 0.5) is 4.79 Å². The molecule has 2 N–H and O–H groups in total. The third-order valence-corrected chi connectivity index (χ3v) is 3.54. The van der Waals surface area contributed by atoms with Gasteiger partial charge in [-0.1, -0.05) is 6.92 Å². The van der Waals surface area contributed by atoms with Crippen molar-refractivity contribution in [3.05, 3.63) is 0 Å². The smallest absolute Gasteiger partial charge is 0.326 e. The standard InChI is InChI=1S/C13H23N3O4/c1-4-10(12(18)19)14-11(17)9-5-7-16(8-6-9)13(20)15(2)3/h9-10H,4-8H2,1-3H3,(H,14,17)(H,18,19)/t10-/m1/s1. The highest BCUT2D eigenvalue weighted by Crippen LogP contribution is 2.18. The van der Waals surface area contributed by atoms with Gasteiger partial charge in [-0.2, -0.15) is 0 Å². The van der Waals surface area contributed by atoms with Gasteiger partial charge in [-0.05, 0) is 19.3 Å². The van der Waals surface area contributed by atoms with Crippen LogP contribution in [-0.4, -0.2) is 66.0 Å². The van der Waals surface area contributed by atoms with Crippen molar-refractivity contribution in [2.24, 2.45) is 5.92 Å². The predicted molar refractivity (Wildman–Crippen MR) is 73.2 cm³/mol. The second kappa shape index (κ2) is 7.12. The molecule has 1 aliphatic rings. The van der Waals surface area contributed by atoms with Crippen LogP contribution >= 0.6 is 0 Å². The fourth-order valence-corrected chi connectivity index (χ4v) is 2.24. The number of nitrogens with one attached hydrogen (secondary N) is 1. The van der Waals surface area contributed by atoms with E-state index in [-0.39, 0.29) is 17.9 Å². The maximum absolute atomic E-state index is 12.0. The number of piperidine rings is 1. The third kappa shape index (κ3) is 4.11. The van der Waals surface area contributed by atoms with E-state index in [0.717, 1.165) is 0 Å². The van der Waals surface area contributed by atoms with Crippen LogP contribution in [0.2, 0.25) is 0 Å². The van der Waals surface area contributed by atoms with Gasteiger partial charge in [0, 0.05) is 33.1 Å². The first-order valence-electron chi connectivity index (χ1n) is 6.86. The fraction of sp³-hybridized carbons (Fsp3) is 0.769. The van der Waals surface area contributed by atoms with Gasteiger partial charge in [-0.3, -0.25) is 4.79 Å². The van der Waals surface area contributed by atoms with Crippen molar-refractivity contribution in [1.29, 1.82) is 0 Å². The molecule has 1 saturated heterocycles. The number of likely N-dealkylation sites (tertiary alicyclic amines) is 1. The van der Waals surface area contributed by atoms with Gasteiger partial charge in [0.15, 0.2) is 0 Å². The van der Waals surface area contributed by atoms with Crippen LogP contribution in [0.3, 0.4) is 0 Å². The summed E-state index contributed by atoms with van der Waals surface area (Å²) < 4.78 is 0. The second-order valence-electron chi connectivity index (χ2n) is 5.25. The Bertz CT molecular complexity index is 376. The number of amides is 3. The minimum absolute atomic E-state index is 0.0548. The lowest BCUT2D eigenvalue weighted by atomic mass is 9.95. The highest BCUT2D eigenvalue weighted by Gasteiger charge is 2.29. The van der Waals surface area contributed by atoms with Crippen molar-refractivity contribution in [2.45, 2.75) is 32.2 Å². The lowest BCUT2D eigenvalue weighted by molar-refractivity contribution is -0.142. The summed E-state index contributed by atoms with van der Waals surface area (Å²) >= 11 is 0. The van der Waals surface area contributed by atoms with E-state index in [1.807, 2.05) is 0 Å². The third-order valence-electron chi connectivity index (χ3n) is 3.54. The first-order chi connectivity index (χ1) is 9.36. The van der Waals surface area contributed by atoms with Gasteiger partial charge >= 0.3 is 12.0 Å². The molecule has 3 amide bonds. The van der Waals surface area contributed by atoms with E-state index < -0.39 is 12.0 Å². The number of nitrogens with zero attached hydrogens (tertiary/aromatic N) is 2. The Balaban J connectivity index is 2.47. The molecule has 1 atom stereocenters. The molecule has 1 aliphatic heterocycles. The lowest BCUT2D eigenvalue weighted by Crippen LogP contribution is -2.48. The van der Waals surface area contributed by atoms with Gasteiger partial charge in [0.2, 0.25) is 5.91 Å². The van der Waals surface area contributed by atoms with Crippen LogP contribution in [0.5, 0.6) is 0 Å². The predicted octanol–water partition coefficient (Wildman–Crippen LogP) is 0.359. The summed E-state index contributed by atoms with van der Waals surface area (Å²) in [6.45, 7) is 2.77. The van der Waals surface area contributed by atoms with Crippen LogP contribution in [0, 0.1) is 5.92 Å². The highest BCUT2D eigenvalue weighted by molar-refractivity contribution is 5.85. The van der Waals surface area contributed by atoms with E-state index >= 15 is 0 Å². The summed E-state index contributed by atoms with van der Waals surface area (Å²) in [5, 5.41) is 11.5. The Morgan fingerprint density at radius 1 is 1.30 bits per heavy atom. The van der Waals surface area contributed by atoms with Gasteiger partial charge in [0.05, 0.1) is 0 Å². The molecule has 0 aromatic heterocycles. The van der Waals surface area contributed by atoms with Crippen molar-refractivity contribution >= 4 is 17.9 Å². The van der Waals surface area contributed by atoms with Gasteiger partial charge in [0.1, 0.15) is 6.04 Å². The Labute approximate surface area is 118 Å². The molecule has 1 rings (SSSR count). The number of carboxylic acid groups (broad SMARTS) is 1. The normalized spacial score (nSPS) is 17.4. The van der Waals surface area contributed by atoms with Crippen molar-refractivity contribution in [1.82, 2.24) is 15.1 Å². The molecule has 0 unspecified atom stereocenters. The zero-order valence-corrected chi connectivity index (χ0v) is 12.3. The number of carbonyl (C=O) groups excluding carboxylic acids is 2. The number of urea groups is 1. The number of hydrogen-bond donors (Lipinski definition) is 2. The van der Waals surface area contributed by atoms with Crippen LogP contribution in [0.1, 0.15) is 26.2 Å². The molecule has 1 fully saturated rings. The number of carbonyl (C=O) groups is 3. The molecule has 0 bridgehead atoms.